The van der Waals surface area contributed by atoms with E-state index in [2.05, 4.69) is 4.98 Å². The molecule has 0 aliphatic heterocycles. The van der Waals surface area contributed by atoms with Crippen LogP contribution in [0.3, 0.4) is 0 Å². The Bertz CT molecular complexity index is 620. The summed E-state index contributed by atoms with van der Waals surface area (Å²) in [5, 5.41) is 11.3. The normalized spacial score (nSPS) is 10.2. The largest absolute Gasteiger partial charge is 0.473 e. The number of nitro groups is 1. The van der Waals surface area contributed by atoms with Crippen LogP contribution in [-0.2, 0) is 6.61 Å². The molecule has 0 saturated carbocycles. The number of rotatable bonds is 4. The summed E-state index contributed by atoms with van der Waals surface area (Å²) in [6.45, 7) is 0.199. The first-order valence-corrected chi connectivity index (χ1v) is 5.99. The van der Waals surface area contributed by atoms with Gasteiger partial charge >= 0.3 is 0 Å². The fraction of sp³-hybridized carbons (Fsp3) is 0.0833. The van der Waals surface area contributed by atoms with Crippen molar-refractivity contribution in [2.24, 2.45) is 0 Å². The Morgan fingerprint density at radius 2 is 2.05 bits per heavy atom. The van der Waals surface area contributed by atoms with Crippen molar-refractivity contribution < 1.29 is 9.66 Å². The first-order chi connectivity index (χ1) is 9.04. The van der Waals surface area contributed by atoms with E-state index in [4.69, 9.17) is 27.9 Å². The Balaban J connectivity index is 2.13. The van der Waals surface area contributed by atoms with Crippen molar-refractivity contribution in [1.82, 2.24) is 4.98 Å². The van der Waals surface area contributed by atoms with Crippen LogP contribution in [0.2, 0.25) is 10.2 Å². The van der Waals surface area contributed by atoms with Gasteiger partial charge < -0.3 is 4.74 Å². The highest BCUT2D eigenvalue weighted by molar-refractivity contribution is 6.30. The van der Waals surface area contributed by atoms with E-state index < -0.39 is 4.92 Å². The second-order valence-electron chi connectivity index (χ2n) is 3.66. The monoisotopic (exact) mass is 298 g/mol. The Morgan fingerprint density at radius 3 is 2.74 bits per heavy atom. The molecule has 0 N–H and O–H groups in total. The van der Waals surface area contributed by atoms with Gasteiger partial charge in [0.05, 0.1) is 17.1 Å². The number of ether oxygens (including phenoxy) is 1. The van der Waals surface area contributed by atoms with E-state index in [1.165, 1.54) is 6.07 Å². The molecule has 2 aromatic rings. The maximum atomic E-state index is 10.7. The first kappa shape index (κ1) is 13.6. The maximum Gasteiger partial charge on any atom is 0.277 e. The van der Waals surface area contributed by atoms with Crippen molar-refractivity contribution in [3.05, 3.63) is 62.3 Å². The van der Waals surface area contributed by atoms with E-state index in [0.29, 0.717) is 5.02 Å². The van der Waals surface area contributed by atoms with Crippen LogP contribution in [0.25, 0.3) is 0 Å². The van der Waals surface area contributed by atoms with Crippen molar-refractivity contribution >= 4 is 28.9 Å². The van der Waals surface area contributed by atoms with Crippen LogP contribution >= 0.6 is 23.2 Å². The van der Waals surface area contributed by atoms with Gasteiger partial charge in [-0.25, -0.2) is 4.98 Å². The lowest BCUT2D eigenvalue weighted by atomic mass is 10.2. The van der Waals surface area contributed by atoms with E-state index in [1.807, 2.05) is 6.07 Å². The third kappa shape index (κ3) is 3.81. The second-order valence-corrected chi connectivity index (χ2v) is 4.49. The van der Waals surface area contributed by atoms with Crippen LogP contribution in [0.1, 0.15) is 5.56 Å². The molecule has 0 unspecified atom stereocenters. The van der Waals surface area contributed by atoms with E-state index >= 15 is 0 Å². The molecular formula is C12H8Cl2N2O3. The molecule has 0 atom stereocenters. The lowest BCUT2D eigenvalue weighted by Crippen LogP contribution is -1.98. The number of aromatic nitrogens is 1. The van der Waals surface area contributed by atoms with Gasteiger partial charge in [0.1, 0.15) is 11.8 Å². The standard InChI is InChI=1S/C12H8Cl2N2O3/c13-9-3-1-2-8(4-9)7-19-12-6-10(16(17)18)5-11(14)15-12/h1-6H,7H2. The summed E-state index contributed by atoms with van der Waals surface area (Å²) in [6.07, 6.45) is 0. The number of pyridine rings is 1. The molecule has 1 heterocycles. The van der Waals surface area contributed by atoms with Gasteiger partial charge in [-0.05, 0) is 17.7 Å². The smallest absolute Gasteiger partial charge is 0.277 e. The lowest BCUT2D eigenvalue weighted by molar-refractivity contribution is -0.385. The number of benzene rings is 1. The molecule has 98 valence electrons. The number of nitrogens with zero attached hydrogens (tertiary/aromatic N) is 2. The molecule has 7 heteroatoms. The van der Waals surface area contributed by atoms with E-state index in [-0.39, 0.29) is 23.3 Å². The van der Waals surface area contributed by atoms with Crippen molar-refractivity contribution in [3.63, 3.8) is 0 Å². The molecule has 0 aliphatic rings. The van der Waals surface area contributed by atoms with Gasteiger partial charge in [0.25, 0.3) is 5.69 Å². The van der Waals surface area contributed by atoms with E-state index in [1.54, 1.807) is 18.2 Å². The second kappa shape index (κ2) is 5.86. The molecule has 0 fully saturated rings. The molecule has 0 aliphatic carbocycles. The summed E-state index contributed by atoms with van der Waals surface area (Å²) in [7, 11) is 0. The van der Waals surface area contributed by atoms with E-state index in [9.17, 15) is 10.1 Å². The summed E-state index contributed by atoms with van der Waals surface area (Å²) >= 11 is 11.5. The van der Waals surface area contributed by atoms with Crippen molar-refractivity contribution in [2.45, 2.75) is 6.61 Å². The van der Waals surface area contributed by atoms with E-state index in [0.717, 1.165) is 11.6 Å². The Morgan fingerprint density at radius 1 is 1.26 bits per heavy atom. The zero-order chi connectivity index (χ0) is 13.8. The summed E-state index contributed by atoms with van der Waals surface area (Å²) in [5.74, 6) is 0.0965. The highest BCUT2D eigenvalue weighted by atomic mass is 35.5. The molecule has 0 amide bonds. The van der Waals surface area contributed by atoms with Gasteiger partial charge in [-0.1, -0.05) is 35.3 Å². The Labute approximate surface area is 118 Å². The fourth-order valence-electron chi connectivity index (χ4n) is 1.42. The minimum Gasteiger partial charge on any atom is -0.473 e. The van der Waals surface area contributed by atoms with Crippen molar-refractivity contribution in [2.75, 3.05) is 0 Å². The molecular weight excluding hydrogens is 291 g/mol. The average Bonchev–Trinajstić information content (AvgIpc) is 2.36. The summed E-state index contributed by atoms with van der Waals surface area (Å²) < 4.78 is 5.36. The number of hydrogen-bond acceptors (Lipinski definition) is 4. The molecule has 0 saturated heterocycles. The molecule has 1 aromatic carbocycles. The lowest BCUT2D eigenvalue weighted by Gasteiger charge is -2.06. The van der Waals surface area contributed by atoms with Crippen LogP contribution in [0.5, 0.6) is 5.88 Å². The van der Waals surface area contributed by atoms with Crippen LogP contribution in [0.4, 0.5) is 5.69 Å². The van der Waals surface area contributed by atoms with Gasteiger partial charge in [-0.15, -0.1) is 0 Å². The predicted molar refractivity (Wildman–Crippen MR) is 71.7 cm³/mol. The quantitative estimate of drug-likeness (QED) is 0.488. The zero-order valence-corrected chi connectivity index (χ0v) is 11.1. The SMILES string of the molecule is O=[N+]([O-])c1cc(Cl)nc(OCc2cccc(Cl)c2)c1. The van der Waals surface area contributed by atoms with Gasteiger partial charge in [0, 0.05) is 5.02 Å². The Hall–Kier alpha value is -1.85. The number of halogens is 2. The van der Waals surface area contributed by atoms with Gasteiger partial charge in [0.15, 0.2) is 0 Å². The molecule has 5 nitrogen and oxygen atoms in total. The summed E-state index contributed by atoms with van der Waals surface area (Å²) in [4.78, 5) is 14.0. The van der Waals surface area contributed by atoms with Crippen molar-refractivity contribution in [1.29, 1.82) is 0 Å². The van der Waals surface area contributed by atoms with Gasteiger partial charge in [0.2, 0.25) is 5.88 Å². The fourth-order valence-corrected chi connectivity index (χ4v) is 1.83. The molecule has 0 spiro atoms. The first-order valence-electron chi connectivity index (χ1n) is 5.24. The summed E-state index contributed by atoms with van der Waals surface area (Å²) in [6, 6.07) is 9.47. The Kier molecular flexibility index (Phi) is 4.19. The van der Waals surface area contributed by atoms with Gasteiger partial charge in [-0.2, -0.15) is 0 Å². The van der Waals surface area contributed by atoms with Crippen LogP contribution in [0.15, 0.2) is 36.4 Å². The molecule has 2 rings (SSSR count). The highest BCUT2D eigenvalue weighted by Crippen LogP contribution is 2.23. The zero-order valence-electron chi connectivity index (χ0n) is 9.55. The molecule has 19 heavy (non-hydrogen) atoms. The third-order valence-electron chi connectivity index (χ3n) is 2.24. The van der Waals surface area contributed by atoms with Crippen LogP contribution in [-0.4, -0.2) is 9.91 Å². The topological polar surface area (TPSA) is 65.3 Å². The van der Waals surface area contributed by atoms with Crippen LogP contribution < -0.4 is 4.74 Å². The molecule has 0 bridgehead atoms. The summed E-state index contributed by atoms with van der Waals surface area (Å²) in [5.41, 5.74) is 0.665. The minimum atomic E-state index is -0.556. The molecule has 0 radical (unpaired) electrons. The van der Waals surface area contributed by atoms with Crippen LogP contribution in [0, 0.1) is 10.1 Å². The number of hydrogen-bond donors (Lipinski definition) is 0. The minimum absolute atomic E-state index is 0.00953. The predicted octanol–water partition coefficient (Wildman–Crippen LogP) is 3.88. The van der Waals surface area contributed by atoms with Crippen molar-refractivity contribution in [3.8, 4) is 5.88 Å². The molecule has 1 aromatic heterocycles. The third-order valence-corrected chi connectivity index (χ3v) is 2.67. The average molecular weight is 299 g/mol. The van der Waals surface area contributed by atoms with Gasteiger partial charge in [-0.3, -0.25) is 10.1 Å². The highest BCUT2D eigenvalue weighted by Gasteiger charge is 2.11. The maximum absolute atomic E-state index is 10.7.